The van der Waals surface area contributed by atoms with Crippen molar-refractivity contribution in [1.82, 2.24) is 4.90 Å². The highest BCUT2D eigenvalue weighted by atomic mass is 35.5. The molecule has 0 spiro atoms. The molecule has 0 aliphatic rings. The average molecular weight is 384 g/mol. The van der Waals surface area contributed by atoms with Gasteiger partial charge in [0.25, 0.3) is 0 Å². The van der Waals surface area contributed by atoms with Crippen LogP contribution in [0.15, 0.2) is 52.3 Å². The fourth-order valence-electron chi connectivity index (χ4n) is 2.03. The van der Waals surface area contributed by atoms with Crippen molar-refractivity contribution in [3.63, 3.8) is 0 Å². The number of benzene rings is 2. The Morgan fingerprint density at radius 2 is 2.00 bits per heavy atom. The minimum atomic E-state index is -0.928. The summed E-state index contributed by atoms with van der Waals surface area (Å²) >= 11 is 7.23. The summed E-state index contributed by atoms with van der Waals surface area (Å²) in [7, 11) is 1.68. The van der Waals surface area contributed by atoms with Crippen LogP contribution in [0.2, 0.25) is 5.02 Å². The fourth-order valence-corrected chi connectivity index (χ4v) is 3.20. The van der Waals surface area contributed by atoms with Crippen LogP contribution >= 0.6 is 23.4 Å². The van der Waals surface area contributed by atoms with Gasteiger partial charge < -0.3 is 9.84 Å². The van der Waals surface area contributed by atoms with Crippen LogP contribution in [0.5, 0.6) is 5.75 Å². The van der Waals surface area contributed by atoms with Gasteiger partial charge in [0.15, 0.2) is 5.72 Å². The summed E-state index contributed by atoms with van der Waals surface area (Å²) in [5, 5.41) is 9.03. The molecule has 1 N–H and O–H groups in total. The first-order valence-electron chi connectivity index (χ1n) is 7.53. The van der Waals surface area contributed by atoms with Crippen LogP contribution < -0.4 is 4.74 Å². The maximum absolute atomic E-state index is 13.3. The summed E-state index contributed by atoms with van der Waals surface area (Å²) in [6, 6.07) is 11.9. The lowest BCUT2D eigenvalue weighted by atomic mass is 10.2. The zero-order valence-electron chi connectivity index (χ0n) is 14.1. The number of rotatable bonds is 7. The lowest BCUT2D eigenvalue weighted by molar-refractivity contribution is -0.143. The Labute approximate surface area is 155 Å². The van der Waals surface area contributed by atoms with Gasteiger partial charge in [-0.2, -0.15) is 0 Å². The third-order valence-corrected chi connectivity index (χ3v) is 4.96. The van der Waals surface area contributed by atoms with E-state index >= 15 is 0 Å². The first kappa shape index (κ1) is 19.6. The maximum Gasteiger partial charge on any atom is 0.317 e. The van der Waals surface area contributed by atoms with Crippen molar-refractivity contribution >= 4 is 29.3 Å². The molecular formula is C18H19ClFNO3S. The van der Waals surface area contributed by atoms with E-state index in [0.717, 1.165) is 9.79 Å². The zero-order valence-corrected chi connectivity index (χ0v) is 15.7. The van der Waals surface area contributed by atoms with Crippen LogP contribution in [0.3, 0.4) is 0 Å². The van der Waals surface area contributed by atoms with Gasteiger partial charge in [-0.25, -0.2) is 4.39 Å². The molecule has 25 heavy (non-hydrogen) atoms. The van der Waals surface area contributed by atoms with Crippen LogP contribution in [0.25, 0.3) is 0 Å². The number of halogens is 2. The number of para-hydroxylation sites is 1. The van der Waals surface area contributed by atoms with Gasteiger partial charge >= 0.3 is 5.97 Å². The Kier molecular flexibility index (Phi) is 6.32. The lowest BCUT2D eigenvalue weighted by Crippen LogP contribution is -2.48. The van der Waals surface area contributed by atoms with Crippen molar-refractivity contribution in [2.24, 2.45) is 0 Å². The molecule has 0 unspecified atom stereocenters. The van der Waals surface area contributed by atoms with Crippen LogP contribution in [0, 0.1) is 5.82 Å². The molecule has 2 rings (SSSR count). The number of carbonyl (C=O) groups is 1. The second kappa shape index (κ2) is 8.08. The van der Waals surface area contributed by atoms with Crippen LogP contribution in [0.1, 0.15) is 13.8 Å². The van der Waals surface area contributed by atoms with E-state index in [1.165, 1.54) is 17.8 Å². The van der Waals surface area contributed by atoms with E-state index in [1.54, 1.807) is 37.9 Å². The number of likely N-dealkylation sites (N-methyl/N-ethyl adjacent to an activating group) is 1. The Hall–Kier alpha value is -1.76. The number of ether oxygens (including phenoxy) is 1. The number of aliphatic carboxylic acids is 1. The quantitative estimate of drug-likeness (QED) is 0.698. The standard InChI is InChI=1S/C18H19ClFNO3S/c1-18(2,21(3)11-17(22)23)24-15-6-4-5-7-16(15)25-12-8-9-14(20)13(19)10-12/h4-10H,11H2,1-3H3,(H,22,23). The van der Waals surface area contributed by atoms with Crippen LogP contribution in [0.4, 0.5) is 4.39 Å². The highest BCUT2D eigenvalue weighted by molar-refractivity contribution is 7.99. The SMILES string of the molecule is CN(CC(=O)O)C(C)(C)Oc1ccccc1Sc1ccc(F)c(Cl)c1. The number of nitrogens with zero attached hydrogens (tertiary/aromatic N) is 1. The molecule has 0 saturated heterocycles. The number of hydrogen-bond acceptors (Lipinski definition) is 4. The molecule has 0 atom stereocenters. The average Bonchev–Trinajstić information content (AvgIpc) is 2.52. The molecule has 7 heteroatoms. The van der Waals surface area contributed by atoms with Gasteiger partial charge in [0.05, 0.1) is 16.5 Å². The van der Waals surface area contributed by atoms with Crippen molar-refractivity contribution in [2.45, 2.75) is 29.4 Å². The third kappa shape index (κ3) is 5.36. The Morgan fingerprint density at radius 3 is 2.64 bits per heavy atom. The Bertz CT molecular complexity index is 770. The van der Waals surface area contributed by atoms with E-state index in [1.807, 2.05) is 24.3 Å². The minimum Gasteiger partial charge on any atom is -0.480 e. The third-order valence-electron chi connectivity index (χ3n) is 3.62. The summed E-state index contributed by atoms with van der Waals surface area (Å²) < 4.78 is 19.4. The van der Waals surface area contributed by atoms with E-state index < -0.39 is 17.5 Å². The first-order valence-corrected chi connectivity index (χ1v) is 8.72. The monoisotopic (exact) mass is 383 g/mol. The zero-order chi connectivity index (χ0) is 18.6. The molecule has 0 amide bonds. The van der Waals surface area contributed by atoms with Crippen molar-refractivity contribution in [2.75, 3.05) is 13.6 Å². The van der Waals surface area contributed by atoms with Crippen LogP contribution in [-0.4, -0.2) is 35.3 Å². The van der Waals surface area contributed by atoms with E-state index in [4.69, 9.17) is 21.4 Å². The lowest BCUT2D eigenvalue weighted by Gasteiger charge is -2.35. The largest absolute Gasteiger partial charge is 0.480 e. The summed E-state index contributed by atoms with van der Waals surface area (Å²) in [5.41, 5.74) is -0.824. The van der Waals surface area contributed by atoms with E-state index in [9.17, 15) is 9.18 Å². The van der Waals surface area contributed by atoms with Gasteiger partial charge in [-0.05, 0) is 51.2 Å². The summed E-state index contributed by atoms with van der Waals surface area (Å²) in [4.78, 5) is 14.1. The van der Waals surface area contributed by atoms with Crippen molar-refractivity contribution < 1.29 is 19.0 Å². The molecule has 134 valence electrons. The maximum atomic E-state index is 13.3. The highest BCUT2D eigenvalue weighted by Gasteiger charge is 2.28. The molecule has 0 aliphatic heterocycles. The molecule has 0 radical (unpaired) electrons. The van der Waals surface area contributed by atoms with Crippen molar-refractivity contribution in [1.29, 1.82) is 0 Å². The van der Waals surface area contributed by atoms with Gasteiger partial charge in [-0.15, -0.1) is 0 Å². The molecule has 0 aromatic heterocycles. The molecule has 0 aliphatic carbocycles. The Morgan fingerprint density at radius 1 is 1.32 bits per heavy atom. The second-order valence-electron chi connectivity index (χ2n) is 5.92. The molecule has 2 aromatic rings. The normalized spacial score (nSPS) is 11.6. The van der Waals surface area contributed by atoms with E-state index in [2.05, 4.69) is 0 Å². The predicted molar refractivity (Wildman–Crippen MR) is 96.9 cm³/mol. The van der Waals surface area contributed by atoms with Crippen molar-refractivity contribution in [3.05, 3.63) is 53.3 Å². The number of hydrogen-bond donors (Lipinski definition) is 1. The van der Waals surface area contributed by atoms with E-state index in [-0.39, 0.29) is 11.6 Å². The topological polar surface area (TPSA) is 49.8 Å². The summed E-state index contributed by atoms with van der Waals surface area (Å²) in [6.45, 7) is 3.45. The molecule has 2 aromatic carbocycles. The van der Waals surface area contributed by atoms with Crippen LogP contribution in [-0.2, 0) is 4.79 Å². The molecule has 4 nitrogen and oxygen atoms in total. The Balaban J connectivity index is 2.22. The van der Waals surface area contributed by atoms with Gasteiger partial charge in [0, 0.05) is 4.90 Å². The minimum absolute atomic E-state index is 0.0601. The van der Waals surface area contributed by atoms with Gasteiger partial charge in [0.2, 0.25) is 0 Å². The van der Waals surface area contributed by atoms with Gasteiger partial charge in [-0.3, -0.25) is 9.69 Å². The number of carboxylic acid groups (broad SMARTS) is 1. The molecule has 0 heterocycles. The predicted octanol–water partition coefficient (Wildman–Crippen LogP) is 4.76. The van der Waals surface area contributed by atoms with Gasteiger partial charge in [-0.1, -0.05) is 35.5 Å². The second-order valence-corrected chi connectivity index (χ2v) is 7.45. The fraction of sp³-hybridized carbons (Fsp3) is 0.278. The molecule has 0 bridgehead atoms. The van der Waals surface area contributed by atoms with E-state index in [0.29, 0.717) is 5.75 Å². The van der Waals surface area contributed by atoms with Gasteiger partial charge in [0.1, 0.15) is 11.6 Å². The van der Waals surface area contributed by atoms with Crippen molar-refractivity contribution in [3.8, 4) is 5.75 Å². The molecular weight excluding hydrogens is 365 g/mol. The highest BCUT2D eigenvalue weighted by Crippen LogP contribution is 2.37. The smallest absolute Gasteiger partial charge is 0.317 e. The molecule has 0 fully saturated rings. The molecule has 0 saturated carbocycles. The summed E-state index contributed by atoms with van der Waals surface area (Å²) in [5.74, 6) is -0.787. The summed E-state index contributed by atoms with van der Waals surface area (Å²) in [6.07, 6.45) is 0. The first-order chi connectivity index (χ1) is 11.7. The number of carboxylic acids is 1.